The summed E-state index contributed by atoms with van der Waals surface area (Å²) in [6.07, 6.45) is 1.40. The molecule has 0 aliphatic heterocycles. The predicted molar refractivity (Wildman–Crippen MR) is 105 cm³/mol. The average molecular weight is 361 g/mol. The van der Waals surface area contributed by atoms with Gasteiger partial charge in [0.15, 0.2) is 0 Å². The minimum atomic E-state index is -1.02. The van der Waals surface area contributed by atoms with Crippen molar-refractivity contribution in [2.24, 2.45) is 0 Å². The molecule has 2 heterocycles. The van der Waals surface area contributed by atoms with Crippen LogP contribution >= 0.6 is 0 Å². The zero-order valence-electron chi connectivity index (χ0n) is 14.6. The summed E-state index contributed by atoms with van der Waals surface area (Å²) in [5, 5.41) is 13.1. The number of benzene rings is 2. The quantitative estimate of drug-likeness (QED) is 0.444. The van der Waals surface area contributed by atoms with E-state index in [0.29, 0.717) is 19.6 Å². The lowest BCUT2D eigenvalue weighted by Crippen LogP contribution is -2.23. The first-order valence-electron chi connectivity index (χ1n) is 8.78. The average Bonchev–Trinajstić information content (AvgIpc) is 3.06. The lowest BCUT2D eigenvalue weighted by molar-refractivity contribution is 0.193. The van der Waals surface area contributed by atoms with Gasteiger partial charge in [0.1, 0.15) is 11.4 Å². The smallest absolute Gasteiger partial charge is 0.404 e. The molecular formula is C21H19N3O3. The van der Waals surface area contributed by atoms with Crippen LogP contribution in [0.4, 0.5) is 4.79 Å². The van der Waals surface area contributed by atoms with Gasteiger partial charge in [-0.05, 0) is 41.8 Å². The van der Waals surface area contributed by atoms with E-state index in [1.54, 1.807) is 6.20 Å². The monoisotopic (exact) mass is 361 g/mol. The Labute approximate surface area is 155 Å². The van der Waals surface area contributed by atoms with Crippen molar-refractivity contribution < 1.29 is 14.6 Å². The number of aromatic nitrogens is 2. The van der Waals surface area contributed by atoms with Crippen LogP contribution in [-0.4, -0.2) is 34.3 Å². The van der Waals surface area contributed by atoms with Crippen LogP contribution in [0.2, 0.25) is 0 Å². The number of fused-ring (bicyclic) bond motifs is 3. The molecule has 136 valence electrons. The summed E-state index contributed by atoms with van der Waals surface area (Å²) < 4.78 is 5.77. The van der Waals surface area contributed by atoms with Gasteiger partial charge in [0, 0.05) is 29.0 Å². The van der Waals surface area contributed by atoms with Crippen LogP contribution in [0.5, 0.6) is 5.75 Å². The number of ether oxygens (including phenoxy) is 1. The van der Waals surface area contributed by atoms with Crippen LogP contribution < -0.4 is 10.1 Å². The number of hydrogen-bond acceptors (Lipinski definition) is 3. The van der Waals surface area contributed by atoms with Gasteiger partial charge in [-0.2, -0.15) is 0 Å². The van der Waals surface area contributed by atoms with Gasteiger partial charge in [-0.25, -0.2) is 9.78 Å². The fourth-order valence-corrected chi connectivity index (χ4v) is 3.22. The predicted octanol–water partition coefficient (Wildman–Crippen LogP) is 4.42. The van der Waals surface area contributed by atoms with Crippen LogP contribution in [0, 0.1) is 0 Å². The van der Waals surface area contributed by atoms with Crippen LogP contribution in [-0.2, 0) is 0 Å². The number of pyridine rings is 1. The van der Waals surface area contributed by atoms with E-state index in [2.05, 4.69) is 27.4 Å². The normalized spacial score (nSPS) is 11.0. The van der Waals surface area contributed by atoms with E-state index in [9.17, 15) is 4.79 Å². The Bertz CT molecular complexity index is 1100. The Hall–Kier alpha value is -3.54. The van der Waals surface area contributed by atoms with E-state index < -0.39 is 6.09 Å². The molecule has 0 atom stereocenters. The highest BCUT2D eigenvalue weighted by molar-refractivity contribution is 6.12. The molecule has 1 amide bonds. The summed E-state index contributed by atoms with van der Waals surface area (Å²) in [7, 11) is 0. The Morgan fingerprint density at radius 1 is 1.15 bits per heavy atom. The highest BCUT2D eigenvalue weighted by atomic mass is 16.5. The number of hydrogen-bond donors (Lipinski definition) is 3. The maximum absolute atomic E-state index is 10.5. The maximum Gasteiger partial charge on any atom is 0.404 e. The van der Waals surface area contributed by atoms with Crippen molar-refractivity contribution in [1.29, 1.82) is 0 Å². The van der Waals surface area contributed by atoms with Gasteiger partial charge in [-0.3, -0.25) is 0 Å². The lowest BCUT2D eigenvalue weighted by Gasteiger charge is -2.09. The molecule has 0 aliphatic carbocycles. The van der Waals surface area contributed by atoms with E-state index >= 15 is 0 Å². The van der Waals surface area contributed by atoms with E-state index in [1.165, 1.54) is 0 Å². The summed E-state index contributed by atoms with van der Waals surface area (Å²) in [6, 6.07) is 18.1. The third-order valence-corrected chi connectivity index (χ3v) is 4.41. The third kappa shape index (κ3) is 3.55. The highest BCUT2D eigenvalue weighted by Gasteiger charge is 2.11. The number of H-pyrrole nitrogens is 1. The summed E-state index contributed by atoms with van der Waals surface area (Å²) in [6.45, 7) is 0.817. The molecule has 2 aromatic heterocycles. The fraction of sp³-hybridized carbons (Fsp3) is 0.143. The minimum Gasteiger partial charge on any atom is -0.494 e. The number of amides is 1. The van der Waals surface area contributed by atoms with Crippen molar-refractivity contribution in [1.82, 2.24) is 15.3 Å². The molecule has 0 aliphatic rings. The second kappa shape index (κ2) is 7.37. The van der Waals surface area contributed by atoms with E-state index in [4.69, 9.17) is 9.84 Å². The number of rotatable bonds is 6. The molecular weight excluding hydrogens is 342 g/mol. The molecule has 4 aromatic rings. The fourth-order valence-electron chi connectivity index (χ4n) is 3.22. The molecule has 3 N–H and O–H groups in total. The largest absolute Gasteiger partial charge is 0.494 e. The lowest BCUT2D eigenvalue weighted by atomic mass is 10.0. The minimum absolute atomic E-state index is 0.370. The molecule has 0 spiro atoms. The van der Waals surface area contributed by atoms with Gasteiger partial charge in [0.05, 0.1) is 6.61 Å². The molecule has 4 rings (SSSR count). The number of para-hydroxylation sites is 1. The van der Waals surface area contributed by atoms with Gasteiger partial charge in [-0.15, -0.1) is 0 Å². The molecule has 6 nitrogen and oxygen atoms in total. The first-order valence-corrected chi connectivity index (χ1v) is 8.78. The molecule has 0 unspecified atom stereocenters. The zero-order chi connectivity index (χ0) is 18.6. The van der Waals surface area contributed by atoms with Gasteiger partial charge in [0.2, 0.25) is 0 Å². The summed E-state index contributed by atoms with van der Waals surface area (Å²) in [5.41, 5.74) is 4.06. The Balaban J connectivity index is 1.61. The maximum atomic E-state index is 10.5. The molecule has 27 heavy (non-hydrogen) atoms. The third-order valence-electron chi connectivity index (χ3n) is 4.41. The molecule has 6 heteroatoms. The highest BCUT2D eigenvalue weighted by Crippen LogP contribution is 2.34. The molecule has 0 bridgehead atoms. The van der Waals surface area contributed by atoms with Crippen molar-refractivity contribution in [3.8, 4) is 16.9 Å². The first-order chi connectivity index (χ1) is 13.2. The number of nitrogens with zero attached hydrogens (tertiary/aromatic N) is 1. The summed E-state index contributed by atoms with van der Waals surface area (Å²) >= 11 is 0. The summed E-state index contributed by atoms with van der Waals surface area (Å²) in [4.78, 5) is 18.3. The second-order valence-corrected chi connectivity index (χ2v) is 6.21. The van der Waals surface area contributed by atoms with Crippen LogP contribution in [0.25, 0.3) is 33.1 Å². The van der Waals surface area contributed by atoms with Crippen molar-refractivity contribution in [3.05, 3.63) is 60.8 Å². The molecule has 0 radical (unpaired) electrons. The number of carbonyl (C=O) groups is 1. The molecule has 0 fully saturated rings. The van der Waals surface area contributed by atoms with E-state index in [0.717, 1.165) is 38.8 Å². The van der Waals surface area contributed by atoms with Gasteiger partial charge in [0.25, 0.3) is 0 Å². The van der Waals surface area contributed by atoms with Crippen LogP contribution in [0.3, 0.4) is 0 Å². The Kier molecular flexibility index (Phi) is 4.61. The number of carboxylic acid groups (broad SMARTS) is 1. The summed E-state index contributed by atoms with van der Waals surface area (Å²) in [5.74, 6) is 0.757. The van der Waals surface area contributed by atoms with Crippen molar-refractivity contribution in [2.45, 2.75) is 6.42 Å². The number of aromatic amines is 1. The van der Waals surface area contributed by atoms with Gasteiger partial charge in [-0.1, -0.05) is 30.3 Å². The van der Waals surface area contributed by atoms with Crippen LogP contribution in [0.1, 0.15) is 6.42 Å². The zero-order valence-corrected chi connectivity index (χ0v) is 14.6. The Morgan fingerprint density at radius 3 is 2.93 bits per heavy atom. The second-order valence-electron chi connectivity index (χ2n) is 6.21. The van der Waals surface area contributed by atoms with E-state index in [-0.39, 0.29) is 0 Å². The van der Waals surface area contributed by atoms with Gasteiger partial charge < -0.3 is 20.1 Å². The van der Waals surface area contributed by atoms with Crippen molar-refractivity contribution >= 4 is 28.0 Å². The topological polar surface area (TPSA) is 87.2 Å². The van der Waals surface area contributed by atoms with Gasteiger partial charge >= 0.3 is 6.09 Å². The van der Waals surface area contributed by atoms with Crippen LogP contribution in [0.15, 0.2) is 60.8 Å². The standard InChI is InChI=1S/C21H19N3O3/c25-21(26)23-10-4-12-27-15-6-3-5-14(13-15)16-9-11-22-20-19(16)17-7-1-2-8-18(17)24-20/h1-3,5-9,11,13,23H,4,10,12H2,(H,22,24)(H,25,26). The SMILES string of the molecule is O=C(O)NCCCOc1cccc(-c2ccnc3[nH]c4ccccc4c23)c1. The van der Waals surface area contributed by atoms with E-state index in [1.807, 2.05) is 42.5 Å². The molecule has 0 saturated heterocycles. The molecule has 2 aromatic carbocycles. The Morgan fingerprint density at radius 2 is 2.04 bits per heavy atom. The van der Waals surface area contributed by atoms with Crippen molar-refractivity contribution in [2.75, 3.05) is 13.2 Å². The van der Waals surface area contributed by atoms with Crippen molar-refractivity contribution in [3.63, 3.8) is 0 Å². The number of nitrogens with one attached hydrogen (secondary N) is 2. The first kappa shape index (κ1) is 16.9. The molecule has 0 saturated carbocycles.